The fourth-order valence-electron chi connectivity index (χ4n) is 0.640. The van der Waals surface area contributed by atoms with Crippen LogP contribution in [0.1, 0.15) is 6.42 Å². The van der Waals surface area contributed by atoms with Gasteiger partial charge in [0.25, 0.3) is 10.1 Å². The zero-order valence-corrected chi connectivity index (χ0v) is 7.13. The van der Waals surface area contributed by atoms with Crippen molar-refractivity contribution in [2.24, 2.45) is 0 Å². The molecule has 0 aliphatic rings. The molecule has 5 nitrogen and oxygen atoms in total. The molecule has 68 valence electrons. The van der Waals surface area contributed by atoms with Crippen LogP contribution < -0.4 is 5.32 Å². The minimum absolute atomic E-state index is 0.214. The summed E-state index contributed by atoms with van der Waals surface area (Å²) < 4.78 is 29.4. The van der Waals surface area contributed by atoms with Crippen molar-refractivity contribution in [2.45, 2.75) is 11.7 Å². The van der Waals surface area contributed by atoms with Gasteiger partial charge < -0.3 is 10.4 Å². The minimum Gasteiger partial charge on any atom is -0.395 e. The van der Waals surface area contributed by atoms with Crippen LogP contribution in [0.2, 0.25) is 0 Å². The first-order chi connectivity index (χ1) is 5.02. The number of aliphatic hydroxyl groups excluding tert-OH is 1. The van der Waals surface area contributed by atoms with Gasteiger partial charge in [-0.15, -0.1) is 0 Å². The van der Waals surface area contributed by atoms with Crippen LogP contribution in [-0.4, -0.2) is 43.5 Å². The Hall–Kier alpha value is -0.170. The van der Waals surface area contributed by atoms with Crippen LogP contribution in [0.25, 0.3) is 0 Å². The van der Waals surface area contributed by atoms with Crippen LogP contribution in [-0.2, 0) is 10.1 Å². The molecule has 0 aliphatic carbocycles. The average Bonchev–Trinajstić information content (AvgIpc) is 1.87. The molecule has 0 aromatic carbocycles. The van der Waals surface area contributed by atoms with E-state index in [4.69, 9.17) is 9.66 Å². The van der Waals surface area contributed by atoms with Gasteiger partial charge in [-0.25, -0.2) is 0 Å². The standard InChI is InChI=1S/C5H13NO4S/c1-6-3-2-5(4-7)11(8,9)10/h5-7H,2-4H2,1H3,(H,8,9,10). The Balaban J connectivity index is 3.97. The second-order valence-electron chi connectivity index (χ2n) is 2.21. The van der Waals surface area contributed by atoms with Crippen LogP contribution in [0, 0.1) is 0 Å². The molecule has 0 bridgehead atoms. The van der Waals surface area contributed by atoms with E-state index in [0.717, 1.165) is 0 Å². The summed E-state index contributed by atoms with van der Waals surface area (Å²) in [4.78, 5) is 0. The lowest BCUT2D eigenvalue weighted by Gasteiger charge is -2.09. The maximum atomic E-state index is 10.4. The Morgan fingerprint density at radius 1 is 1.55 bits per heavy atom. The monoisotopic (exact) mass is 183 g/mol. The molecule has 0 spiro atoms. The van der Waals surface area contributed by atoms with E-state index in [-0.39, 0.29) is 6.42 Å². The first-order valence-electron chi connectivity index (χ1n) is 3.24. The van der Waals surface area contributed by atoms with Gasteiger partial charge in [0.1, 0.15) is 5.25 Å². The SMILES string of the molecule is CNCCC(CO)S(=O)(=O)O. The summed E-state index contributed by atoms with van der Waals surface area (Å²) in [5, 5.41) is 10.2. The van der Waals surface area contributed by atoms with Crippen molar-refractivity contribution in [3.63, 3.8) is 0 Å². The van der Waals surface area contributed by atoms with Gasteiger partial charge >= 0.3 is 0 Å². The third-order valence-corrected chi connectivity index (χ3v) is 2.57. The summed E-state index contributed by atoms with van der Waals surface area (Å²) in [5.74, 6) is 0. The molecule has 0 saturated heterocycles. The molecule has 11 heavy (non-hydrogen) atoms. The fourth-order valence-corrected chi connectivity index (χ4v) is 1.24. The van der Waals surface area contributed by atoms with Crippen molar-refractivity contribution in [1.82, 2.24) is 5.32 Å². The first-order valence-corrected chi connectivity index (χ1v) is 4.74. The second-order valence-corrected chi connectivity index (χ2v) is 3.91. The predicted molar refractivity (Wildman–Crippen MR) is 41.0 cm³/mol. The van der Waals surface area contributed by atoms with E-state index in [1.54, 1.807) is 7.05 Å². The van der Waals surface area contributed by atoms with Crippen LogP contribution in [0.4, 0.5) is 0 Å². The highest BCUT2D eigenvalue weighted by atomic mass is 32.2. The van der Waals surface area contributed by atoms with Crippen molar-refractivity contribution < 1.29 is 18.1 Å². The second kappa shape index (κ2) is 4.66. The molecule has 0 radical (unpaired) electrons. The van der Waals surface area contributed by atoms with Gasteiger partial charge in [-0.1, -0.05) is 0 Å². The van der Waals surface area contributed by atoms with E-state index in [9.17, 15) is 8.42 Å². The molecule has 3 N–H and O–H groups in total. The largest absolute Gasteiger partial charge is 0.395 e. The summed E-state index contributed by atoms with van der Waals surface area (Å²) in [7, 11) is -2.41. The van der Waals surface area contributed by atoms with Crippen LogP contribution >= 0.6 is 0 Å². The molecule has 0 aromatic rings. The number of aliphatic hydroxyl groups is 1. The quantitative estimate of drug-likeness (QED) is 0.468. The molecular weight excluding hydrogens is 170 g/mol. The predicted octanol–water partition coefficient (Wildman–Crippen LogP) is -1.16. The number of hydrogen-bond donors (Lipinski definition) is 3. The molecule has 0 rings (SSSR count). The maximum absolute atomic E-state index is 10.4. The smallest absolute Gasteiger partial charge is 0.270 e. The van der Waals surface area contributed by atoms with Crippen molar-refractivity contribution in [3.05, 3.63) is 0 Å². The Bertz CT molecular complexity index is 189. The topological polar surface area (TPSA) is 86.6 Å². The lowest BCUT2D eigenvalue weighted by atomic mass is 10.3. The normalized spacial score (nSPS) is 14.8. The summed E-state index contributed by atoms with van der Waals surface area (Å²) >= 11 is 0. The summed E-state index contributed by atoms with van der Waals surface area (Å²) in [6.45, 7) is -0.0917. The van der Waals surface area contributed by atoms with E-state index >= 15 is 0 Å². The van der Waals surface area contributed by atoms with Gasteiger partial charge in [0, 0.05) is 0 Å². The average molecular weight is 183 g/mol. The van der Waals surface area contributed by atoms with Crippen molar-refractivity contribution in [1.29, 1.82) is 0 Å². The zero-order valence-electron chi connectivity index (χ0n) is 6.32. The van der Waals surface area contributed by atoms with Gasteiger partial charge in [-0.3, -0.25) is 4.55 Å². The number of nitrogens with one attached hydrogen (secondary N) is 1. The van der Waals surface area contributed by atoms with E-state index in [1.165, 1.54) is 0 Å². The van der Waals surface area contributed by atoms with Gasteiger partial charge in [0.15, 0.2) is 0 Å². The molecule has 6 heteroatoms. The summed E-state index contributed by atoms with van der Waals surface area (Å²) in [6, 6.07) is 0. The lowest BCUT2D eigenvalue weighted by molar-refractivity contribution is 0.278. The molecule has 0 aliphatic heterocycles. The van der Waals surface area contributed by atoms with Gasteiger partial charge in [0.2, 0.25) is 0 Å². The van der Waals surface area contributed by atoms with E-state index < -0.39 is 22.0 Å². The first kappa shape index (κ1) is 10.8. The molecular formula is C5H13NO4S. The molecule has 0 heterocycles. The zero-order chi connectivity index (χ0) is 8.91. The van der Waals surface area contributed by atoms with Gasteiger partial charge in [0.05, 0.1) is 6.61 Å². The van der Waals surface area contributed by atoms with E-state index in [0.29, 0.717) is 6.54 Å². The van der Waals surface area contributed by atoms with Gasteiger partial charge in [-0.05, 0) is 20.0 Å². The van der Waals surface area contributed by atoms with Crippen molar-refractivity contribution in [2.75, 3.05) is 20.2 Å². The van der Waals surface area contributed by atoms with Crippen LogP contribution in [0.15, 0.2) is 0 Å². The van der Waals surface area contributed by atoms with Crippen molar-refractivity contribution in [3.8, 4) is 0 Å². The highest BCUT2D eigenvalue weighted by Crippen LogP contribution is 2.01. The highest BCUT2D eigenvalue weighted by Gasteiger charge is 2.20. The van der Waals surface area contributed by atoms with Crippen LogP contribution in [0.3, 0.4) is 0 Å². The minimum atomic E-state index is -4.08. The summed E-state index contributed by atoms with van der Waals surface area (Å²) in [5.41, 5.74) is 0. The molecule has 0 fully saturated rings. The Kier molecular flexibility index (Phi) is 4.58. The maximum Gasteiger partial charge on any atom is 0.270 e. The number of rotatable bonds is 5. The molecule has 1 unspecified atom stereocenters. The molecule has 0 amide bonds. The van der Waals surface area contributed by atoms with Gasteiger partial charge in [-0.2, -0.15) is 8.42 Å². The Morgan fingerprint density at radius 2 is 2.09 bits per heavy atom. The third-order valence-electron chi connectivity index (χ3n) is 1.34. The van der Waals surface area contributed by atoms with E-state index in [1.807, 2.05) is 0 Å². The van der Waals surface area contributed by atoms with Crippen molar-refractivity contribution >= 4 is 10.1 Å². The highest BCUT2D eigenvalue weighted by molar-refractivity contribution is 7.86. The fraction of sp³-hybridized carbons (Fsp3) is 1.00. The third kappa shape index (κ3) is 4.31. The Labute approximate surface area is 66.2 Å². The summed E-state index contributed by atoms with van der Waals surface area (Å²) in [6.07, 6.45) is 0.214. The molecule has 0 aromatic heterocycles. The Morgan fingerprint density at radius 3 is 2.36 bits per heavy atom. The molecule has 0 saturated carbocycles. The van der Waals surface area contributed by atoms with Crippen LogP contribution in [0.5, 0.6) is 0 Å². The molecule has 1 atom stereocenters. The number of hydrogen-bond acceptors (Lipinski definition) is 4. The lowest BCUT2D eigenvalue weighted by Crippen LogP contribution is -2.28. The van der Waals surface area contributed by atoms with E-state index in [2.05, 4.69) is 5.32 Å².